The minimum absolute atomic E-state index is 0.0697. The number of carboxylic acid groups (broad SMARTS) is 1. The molecule has 3 rings (SSSR count). The van der Waals surface area contributed by atoms with Crippen LogP contribution in [0.1, 0.15) is 16.3 Å². The Morgan fingerprint density at radius 1 is 1.30 bits per heavy atom. The highest BCUT2D eigenvalue weighted by Crippen LogP contribution is 2.32. The van der Waals surface area contributed by atoms with Crippen LogP contribution in [0.5, 0.6) is 11.5 Å². The summed E-state index contributed by atoms with van der Waals surface area (Å²) in [4.78, 5) is 18.4. The summed E-state index contributed by atoms with van der Waals surface area (Å²) < 4.78 is 15.7. The van der Waals surface area contributed by atoms with E-state index in [0.29, 0.717) is 28.2 Å². The molecule has 2 aromatic heterocycles. The lowest BCUT2D eigenvalue weighted by Crippen LogP contribution is -1.91. The predicted molar refractivity (Wildman–Crippen MR) is 84.4 cm³/mol. The molecule has 23 heavy (non-hydrogen) atoms. The van der Waals surface area contributed by atoms with E-state index in [9.17, 15) is 4.79 Å². The molecule has 1 aromatic carbocycles. The summed E-state index contributed by atoms with van der Waals surface area (Å²) in [6.07, 6.45) is 0. The number of nitrogens with one attached hydrogen (secondary N) is 1. The zero-order valence-corrected chi connectivity index (χ0v) is 13.3. The van der Waals surface area contributed by atoms with Gasteiger partial charge in [-0.05, 0) is 12.1 Å². The Morgan fingerprint density at radius 3 is 2.70 bits per heavy atom. The molecule has 3 aromatic rings. The van der Waals surface area contributed by atoms with Gasteiger partial charge >= 0.3 is 5.97 Å². The molecule has 2 N–H and O–H groups in total. The highest BCUT2D eigenvalue weighted by atomic mass is 32.2. The molecule has 0 saturated heterocycles. The molecule has 0 radical (unpaired) electrons. The smallest absolute Gasteiger partial charge is 0.371 e. The normalized spacial score (nSPS) is 10.9. The van der Waals surface area contributed by atoms with E-state index < -0.39 is 5.97 Å². The Morgan fingerprint density at radius 2 is 2.04 bits per heavy atom. The number of aromatic carboxylic acids is 1. The van der Waals surface area contributed by atoms with Crippen molar-refractivity contribution in [2.24, 2.45) is 0 Å². The van der Waals surface area contributed by atoms with Crippen molar-refractivity contribution in [2.75, 3.05) is 14.2 Å². The topological polar surface area (TPSA) is 97.6 Å². The van der Waals surface area contributed by atoms with Crippen LogP contribution in [0.4, 0.5) is 0 Å². The quantitative estimate of drug-likeness (QED) is 0.668. The molecular formula is C15H14N2O5S. The number of benzene rings is 1. The van der Waals surface area contributed by atoms with E-state index in [1.807, 2.05) is 6.07 Å². The number of hydrogen-bond acceptors (Lipinski definition) is 6. The Kier molecular flexibility index (Phi) is 4.16. The number of aromatic amines is 1. The highest BCUT2D eigenvalue weighted by molar-refractivity contribution is 7.98. The van der Waals surface area contributed by atoms with Crippen LogP contribution in [0.15, 0.2) is 33.8 Å². The number of ether oxygens (including phenoxy) is 2. The third-order valence-corrected chi connectivity index (χ3v) is 4.08. The summed E-state index contributed by atoms with van der Waals surface area (Å²) in [5, 5.41) is 9.53. The number of rotatable bonds is 6. The number of imidazole rings is 1. The van der Waals surface area contributed by atoms with Gasteiger partial charge in [-0.1, -0.05) is 11.8 Å². The first kappa shape index (κ1) is 15.3. The number of hydrogen-bond donors (Lipinski definition) is 2. The molecule has 0 spiro atoms. The molecular weight excluding hydrogens is 320 g/mol. The van der Waals surface area contributed by atoms with Gasteiger partial charge in [0.15, 0.2) is 16.7 Å². The number of H-pyrrole nitrogens is 1. The van der Waals surface area contributed by atoms with Gasteiger partial charge in [-0.25, -0.2) is 9.78 Å². The number of fused-ring (bicyclic) bond motifs is 1. The fraction of sp³-hybridized carbons (Fsp3) is 0.200. The Balaban J connectivity index is 1.78. The number of thioether (sulfide) groups is 1. The van der Waals surface area contributed by atoms with Crippen LogP contribution in [-0.4, -0.2) is 35.3 Å². The lowest BCUT2D eigenvalue weighted by molar-refractivity contribution is 0.0661. The minimum Gasteiger partial charge on any atom is -0.493 e. The van der Waals surface area contributed by atoms with Gasteiger partial charge in [-0.2, -0.15) is 0 Å². The molecule has 0 fully saturated rings. The second-order valence-electron chi connectivity index (χ2n) is 4.63. The minimum atomic E-state index is -1.08. The molecule has 7 nitrogen and oxygen atoms in total. The number of carboxylic acids is 1. The van der Waals surface area contributed by atoms with Crippen LogP contribution in [0.25, 0.3) is 11.0 Å². The maximum Gasteiger partial charge on any atom is 0.371 e. The van der Waals surface area contributed by atoms with Gasteiger partial charge in [0.25, 0.3) is 0 Å². The van der Waals surface area contributed by atoms with Crippen LogP contribution in [0.2, 0.25) is 0 Å². The third-order valence-electron chi connectivity index (χ3n) is 3.19. The van der Waals surface area contributed by atoms with Crippen LogP contribution in [0.3, 0.4) is 0 Å². The molecule has 8 heteroatoms. The second kappa shape index (κ2) is 6.25. The summed E-state index contributed by atoms with van der Waals surface area (Å²) in [6, 6.07) is 6.70. The molecule has 0 amide bonds. The molecule has 120 valence electrons. The highest BCUT2D eigenvalue weighted by Gasteiger charge is 2.12. The van der Waals surface area contributed by atoms with Crippen molar-refractivity contribution < 1.29 is 23.8 Å². The first-order valence-electron chi connectivity index (χ1n) is 6.67. The average molecular weight is 334 g/mol. The molecule has 0 aliphatic carbocycles. The molecule has 0 saturated carbocycles. The number of furan rings is 1. The first-order chi connectivity index (χ1) is 11.1. The summed E-state index contributed by atoms with van der Waals surface area (Å²) in [5.41, 5.74) is 1.59. The van der Waals surface area contributed by atoms with Crippen molar-refractivity contribution in [1.29, 1.82) is 0 Å². The molecule has 0 unspecified atom stereocenters. The van der Waals surface area contributed by atoms with Crippen LogP contribution in [0, 0.1) is 0 Å². The Hall–Kier alpha value is -2.61. The van der Waals surface area contributed by atoms with Gasteiger partial charge in [-0.3, -0.25) is 0 Å². The average Bonchev–Trinajstić information content (AvgIpc) is 3.17. The number of nitrogens with zero attached hydrogens (tertiary/aromatic N) is 1. The largest absolute Gasteiger partial charge is 0.493 e. The lowest BCUT2D eigenvalue weighted by Gasteiger charge is -2.06. The van der Waals surface area contributed by atoms with Gasteiger partial charge in [0.1, 0.15) is 5.76 Å². The monoisotopic (exact) mass is 334 g/mol. The standard InChI is InChI=1S/C15H14N2O5S/c1-20-12-5-9-10(6-13(12)21-2)17-15(16-9)23-7-8-3-4-11(22-8)14(18)19/h3-6H,7H2,1-2H3,(H,16,17)(H,18,19). The fourth-order valence-electron chi connectivity index (χ4n) is 2.09. The van der Waals surface area contributed by atoms with E-state index in [1.165, 1.54) is 17.8 Å². The molecule has 0 aliphatic rings. The van der Waals surface area contributed by atoms with Crippen molar-refractivity contribution in [2.45, 2.75) is 10.9 Å². The van der Waals surface area contributed by atoms with Gasteiger partial charge < -0.3 is 24.0 Å². The summed E-state index contributed by atoms with van der Waals surface area (Å²) in [5.74, 6) is 1.13. The van der Waals surface area contributed by atoms with Crippen LogP contribution < -0.4 is 9.47 Å². The van der Waals surface area contributed by atoms with Crippen molar-refractivity contribution in [1.82, 2.24) is 9.97 Å². The molecule has 2 heterocycles. The summed E-state index contributed by atoms with van der Waals surface area (Å²) in [7, 11) is 3.15. The lowest BCUT2D eigenvalue weighted by atomic mass is 10.3. The third kappa shape index (κ3) is 3.11. The SMILES string of the molecule is COc1cc2nc(SCc3ccc(C(=O)O)o3)[nH]c2cc1OC. The number of methoxy groups -OCH3 is 2. The Bertz CT molecular complexity index is 814. The van der Waals surface area contributed by atoms with Gasteiger partial charge in [-0.15, -0.1) is 0 Å². The van der Waals surface area contributed by atoms with Gasteiger partial charge in [0.2, 0.25) is 5.76 Å². The zero-order valence-electron chi connectivity index (χ0n) is 12.5. The van der Waals surface area contributed by atoms with Crippen LogP contribution in [-0.2, 0) is 5.75 Å². The maximum atomic E-state index is 10.8. The van der Waals surface area contributed by atoms with Crippen molar-refractivity contribution in [3.63, 3.8) is 0 Å². The van der Waals surface area contributed by atoms with E-state index in [0.717, 1.165) is 11.0 Å². The zero-order chi connectivity index (χ0) is 16.4. The van der Waals surface area contributed by atoms with Crippen molar-refractivity contribution in [3.05, 3.63) is 35.8 Å². The predicted octanol–water partition coefficient (Wildman–Crippen LogP) is 3.16. The fourth-order valence-corrected chi connectivity index (χ4v) is 2.87. The second-order valence-corrected chi connectivity index (χ2v) is 5.59. The van der Waals surface area contributed by atoms with Crippen molar-refractivity contribution in [3.8, 4) is 11.5 Å². The van der Waals surface area contributed by atoms with E-state index in [4.69, 9.17) is 19.0 Å². The summed E-state index contributed by atoms with van der Waals surface area (Å²) >= 11 is 1.42. The van der Waals surface area contributed by atoms with Gasteiger partial charge in [0.05, 0.1) is 31.0 Å². The molecule has 0 bridgehead atoms. The maximum absolute atomic E-state index is 10.8. The molecule has 0 atom stereocenters. The van der Waals surface area contributed by atoms with E-state index in [-0.39, 0.29) is 5.76 Å². The Labute approximate surface area is 135 Å². The van der Waals surface area contributed by atoms with Crippen LogP contribution >= 0.6 is 11.8 Å². The van der Waals surface area contributed by atoms with Crippen molar-refractivity contribution >= 4 is 28.8 Å². The molecule has 0 aliphatic heterocycles. The number of aromatic nitrogens is 2. The summed E-state index contributed by atoms with van der Waals surface area (Å²) in [6.45, 7) is 0. The van der Waals surface area contributed by atoms with E-state index in [1.54, 1.807) is 26.4 Å². The first-order valence-corrected chi connectivity index (χ1v) is 7.66. The van der Waals surface area contributed by atoms with Gasteiger partial charge in [0, 0.05) is 12.1 Å². The number of carbonyl (C=O) groups is 1. The van der Waals surface area contributed by atoms with E-state index >= 15 is 0 Å². The van der Waals surface area contributed by atoms with E-state index in [2.05, 4.69) is 9.97 Å².